The molecule has 1 atom stereocenters. The zero-order valence-electron chi connectivity index (χ0n) is 11.8. The second-order valence-corrected chi connectivity index (χ2v) is 7.57. The van der Waals surface area contributed by atoms with E-state index in [0.717, 1.165) is 6.26 Å². The number of amides is 1. The van der Waals surface area contributed by atoms with E-state index in [4.69, 9.17) is 4.74 Å². The van der Waals surface area contributed by atoms with Gasteiger partial charge in [0.1, 0.15) is 5.60 Å². The summed E-state index contributed by atoms with van der Waals surface area (Å²) in [6.45, 7) is 5.54. The van der Waals surface area contributed by atoms with Crippen LogP contribution in [0.1, 0.15) is 20.8 Å². The van der Waals surface area contributed by atoms with Gasteiger partial charge in [0.2, 0.25) is 10.0 Å². The second-order valence-electron chi connectivity index (χ2n) is 5.64. The number of hydrogen-bond acceptors (Lipinski definition) is 5. The van der Waals surface area contributed by atoms with E-state index in [9.17, 15) is 18.3 Å². The number of carbonyl (C=O) groups is 1. The molecule has 0 aromatic rings. The topological polar surface area (TPSA) is 87.2 Å². The van der Waals surface area contributed by atoms with Gasteiger partial charge < -0.3 is 14.7 Å². The second kappa shape index (κ2) is 5.64. The van der Waals surface area contributed by atoms with Crippen LogP contribution in [0.15, 0.2) is 0 Å². The summed E-state index contributed by atoms with van der Waals surface area (Å²) in [5, 5.41) is 9.27. The van der Waals surface area contributed by atoms with Gasteiger partial charge in [-0.1, -0.05) is 0 Å². The standard InChI is InChI=1S/C11H22N2O5S/c1-11(2,3)18-10(15)12-5-6-13(19(4,16)17)9(7-12)8-14/h9,14H,5-8H2,1-4H3/t9-/m0/s1. The van der Waals surface area contributed by atoms with E-state index in [1.807, 2.05) is 0 Å². The maximum atomic E-state index is 11.9. The monoisotopic (exact) mass is 294 g/mol. The summed E-state index contributed by atoms with van der Waals surface area (Å²) < 4.78 is 29.5. The molecule has 7 nitrogen and oxygen atoms in total. The van der Waals surface area contributed by atoms with Gasteiger partial charge in [-0.15, -0.1) is 0 Å². The predicted molar refractivity (Wildman–Crippen MR) is 70.2 cm³/mol. The number of piperazine rings is 1. The van der Waals surface area contributed by atoms with E-state index in [2.05, 4.69) is 0 Å². The van der Waals surface area contributed by atoms with Crippen molar-refractivity contribution in [1.82, 2.24) is 9.21 Å². The van der Waals surface area contributed by atoms with Crippen molar-refractivity contribution in [2.75, 3.05) is 32.5 Å². The lowest BCUT2D eigenvalue weighted by Crippen LogP contribution is -2.58. The van der Waals surface area contributed by atoms with Crippen LogP contribution in [0.2, 0.25) is 0 Å². The van der Waals surface area contributed by atoms with Crippen molar-refractivity contribution in [1.29, 1.82) is 0 Å². The molecule has 112 valence electrons. The third kappa shape index (κ3) is 4.63. The minimum Gasteiger partial charge on any atom is -0.444 e. The Morgan fingerprint density at radius 1 is 1.37 bits per heavy atom. The average Bonchev–Trinajstić information content (AvgIpc) is 2.24. The number of aliphatic hydroxyl groups is 1. The van der Waals surface area contributed by atoms with Gasteiger partial charge >= 0.3 is 6.09 Å². The summed E-state index contributed by atoms with van der Waals surface area (Å²) in [4.78, 5) is 13.3. The first-order valence-corrected chi connectivity index (χ1v) is 7.95. The van der Waals surface area contributed by atoms with Gasteiger partial charge in [-0.3, -0.25) is 0 Å². The molecule has 0 aliphatic carbocycles. The number of hydrogen-bond donors (Lipinski definition) is 1. The molecule has 0 aromatic heterocycles. The van der Waals surface area contributed by atoms with Crippen molar-refractivity contribution in [3.63, 3.8) is 0 Å². The Hall–Kier alpha value is -0.860. The highest BCUT2D eigenvalue weighted by atomic mass is 32.2. The molecule has 0 aromatic carbocycles. The largest absolute Gasteiger partial charge is 0.444 e. The fourth-order valence-corrected chi connectivity index (χ4v) is 3.00. The van der Waals surface area contributed by atoms with Gasteiger partial charge in [-0.2, -0.15) is 4.31 Å². The number of ether oxygens (including phenoxy) is 1. The molecule has 0 saturated carbocycles. The molecular weight excluding hydrogens is 272 g/mol. The van der Waals surface area contributed by atoms with Crippen LogP contribution < -0.4 is 0 Å². The molecule has 1 amide bonds. The van der Waals surface area contributed by atoms with Crippen molar-refractivity contribution in [3.05, 3.63) is 0 Å². The Labute approximate surface area is 114 Å². The van der Waals surface area contributed by atoms with E-state index in [-0.39, 0.29) is 26.2 Å². The van der Waals surface area contributed by atoms with Crippen molar-refractivity contribution < 1.29 is 23.1 Å². The summed E-state index contributed by atoms with van der Waals surface area (Å²) in [5.74, 6) is 0. The molecule has 0 radical (unpaired) electrons. The maximum absolute atomic E-state index is 11.9. The quantitative estimate of drug-likeness (QED) is 0.766. The van der Waals surface area contributed by atoms with Crippen molar-refractivity contribution >= 4 is 16.1 Å². The number of nitrogens with zero attached hydrogens (tertiary/aromatic N) is 2. The third-order valence-corrected chi connectivity index (χ3v) is 4.05. The summed E-state index contributed by atoms with van der Waals surface area (Å²) >= 11 is 0. The summed E-state index contributed by atoms with van der Waals surface area (Å²) in [7, 11) is -3.38. The van der Waals surface area contributed by atoms with Gasteiger partial charge in [0, 0.05) is 19.6 Å². The van der Waals surface area contributed by atoms with Crippen LogP contribution in [-0.4, -0.2) is 73.0 Å². The molecule has 1 aliphatic rings. The van der Waals surface area contributed by atoms with Gasteiger partial charge in [0.05, 0.1) is 18.9 Å². The van der Waals surface area contributed by atoms with Gasteiger partial charge in [-0.25, -0.2) is 13.2 Å². The Morgan fingerprint density at radius 2 is 1.95 bits per heavy atom. The number of carbonyl (C=O) groups excluding carboxylic acids is 1. The average molecular weight is 294 g/mol. The Kier molecular flexibility index (Phi) is 4.81. The lowest BCUT2D eigenvalue weighted by molar-refractivity contribution is 0.00890. The first-order chi connectivity index (χ1) is 8.54. The summed E-state index contributed by atoms with van der Waals surface area (Å²) in [5.41, 5.74) is -0.597. The lowest BCUT2D eigenvalue weighted by atomic mass is 10.2. The minimum atomic E-state index is -3.38. The molecule has 8 heteroatoms. The Bertz CT molecular complexity index is 429. The number of sulfonamides is 1. The van der Waals surface area contributed by atoms with Crippen LogP contribution in [-0.2, 0) is 14.8 Å². The Balaban J connectivity index is 2.72. The van der Waals surface area contributed by atoms with Crippen molar-refractivity contribution in [2.45, 2.75) is 32.4 Å². The zero-order valence-corrected chi connectivity index (χ0v) is 12.6. The molecule has 1 N–H and O–H groups in total. The normalized spacial score (nSPS) is 22.4. The molecular formula is C11H22N2O5S. The molecule has 1 fully saturated rings. The van der Waals surface area contributed by atoms with Gasteiger partial charge in [0.25, 0.3) is 0 Å². The van der Waals surface area contributed by atoms with Crippen LogP contribution in [0, 0.1) is 0 Å². The van der Waals surface area contributed by atoms with E-state index < -0.39 is 27.8 Å². The highest BCUT2D eigenvalue weighted by Gasteiger charge is 2.35. The summed E-state index contributed by atoms with van der Waals surface area (Å²) in [6.07, 6.45) is 0.609. The molecule has 1 saturated heterocycles. The first kappa shape index (κ1) is 16.2. The van der Waals surface area contributed by atoms with Crippen molar-refractivity contribution in [3.8, 4) is 0 Å². The van der Waals surface area contributed by atoms with Crippen LogP contribution in [0.5, 0.6) is 0 Å². The highest BCUT2D eigenvalue weighted by molar-refractivity contribution is 7.88. The van der Waals surface area contributed by atoms with Crippen LogP contribution >= 0.6 is 0 Å². The number of aliphatic hydroxyl groups excluding tert-OH is 1. The molecule has 0 bridgehead atoms. The number of rotatable bonds is 2. The lowest BCUT2D eigenvalue weighted by Gasteiger charge is -2.39. The molecule has 1 aliphatic heterocycles. The molecule has 1 heterocycles. The molecule has 19 heavy (non-hydrogen) atoms. The molecule has 0 unspecified atom stereocenters. The van der Waals surface area contributed by atoms with E-state index in [0.29, 0.717) is 0 Å². The minimum absolute atomic E-state index is 0.137. The van der Waals surface area contributed by atoms with E-state index in [1.165, 1.54) is 9.21 Å². The van der Waals surface area contributed by atoms with Crippen molar-refractivity contribution in [2.24, 2.45) is 0 Å². The first-order valence-electron chi connectivity index (χ1n) is 6.10. The van der Waals surface area contributed by atoms with Crippen LogP contribution in [0.25, 0.3) is 0 Å². The van der Waals surface area contributed by atoms with Gasteiger partial charge in [0.15, 0.2) is 0 Å². The fraction of sp³-hybridized carbons (Fsp3) is 0.909. The third-order valence-electron chi connectivity index (χ3n) is 2.72. The maximum Gasteiger partial charge on any atom is 0.410 e. The zero-order chi connectivity index (χ0) is 14.8. The molecule has 0 spiro atoms. The van der Waals surface area contributed by atoms with Crippen LogP contribution in [0.3, 0.4) is 0 Å². The SMILES string of the molecule is CC(C)(C)OC(=O)N1CCN(S(C)(=O)=O)[C@H](CO)C1. The molecule has 1 rings (SSSR count). The van der Waals surface area contributed by atoms with E-state index in [1.54, 1.807) is 20.8 Å². The fourth-order valence-electron chi connectivity index (χ4n) is 1.92. The van der Waals surface area contributed by atoms with Gasteiger partial charge in [-0.05, 0) is 20.8 Å². The van der Waals surface area contributed by atoms with Crippen LogP contribution in [0.4, 0.5) is 4.79 Å². The van der Waals surface area contributed by atoms with E-state index >= 15 is 0 Å². The smallest absolute Gasteiger partial charge is 0.410 e. The summed E-state index contributed by atoms with van der Waals surface area (Å²) in [6, 6.07) is -0.615. The Morgan fingerprint density at radius 3 is 2.37 bits per heavy atom. The highest BCUT2D eigenvalue weighted by Crippen LogP contribution is 2.16. The predicted octanol–water partition coefficient (Wildman–Crippen LogP) is -0.140.